The fourth-order valence-electron chi connectivity index (χ4n) is 0.655. The Morgan fingerprint density at radius 3 is 2.47 bits per heavy atom. The normalized spacial score (nSPS) is 11.1. The number of carboxylic acid groups (broad SMARTS) is 1. The number of amides is 1. The van der Waals surface area contributed by atoms with Crippen LogP contribution in [0.15, 0.2) is 0 Å². The van der Waals surface area contributed by atoms with Crippen LogP contribution >= 0.6 is 12.4 Å². The number of carboxylic acids is 1. The van der Waals surface area contributed by atoms with Gasteiger partial charge in [-0.15, -0.1) is 12.4 Å². The van der Waals surface area contributed by atoms with E-state index in [2.05, 4.69) is 0 Å². The molecule has 0 aliphatic heterocycles. The number of carbonyl (C=O) groups excluding carboxylic acids is 1. The Labute approximate surface area is 94.7 Å². The molecule has 0 spiro atoms. The Bertz CT molecular complexity index is 213. The minimum absolute atomic E-state index is 0. The fourth-order valence-corrected chi connectivity index (χ4v) is 0.655. The van der Waals surface area contributed by atoms with Crippen LogP contribution < -0.4 is 5.84 Å². The highest BCUT2D eigenvalue weighted by Gasteiger charge is 2.23. The lowest BCUT2D eigenvalue weighted by Crippen LogP contribution is -2.48. The number of hydrazine groups is 1. The molecule has 0 saturated heterocycles. The SMILES string of the molecule is CCCCOC(=O)N(N)[C@@H](C)C(=O)O.Cl. The van der Waals surface area contributed by atoms with E-state index in [9.17, 15) is 9.59 Å². The van der Waals surface area contributed by atoms with Crippen molar-refractivity contribution in [2.75, 3.05) is 6.61 Å². The van der Waals surface area contributed by atoms with Crippen LogP contribution in [0, 0.1) is 0 Å². The minimum Gasteiger partial charge on any atom is -0.480 e. The molecule has 1 atom stereocenters. The summed E-state index contributed by atoms with van der Waals surface area (Å²) in [7, 11) is 0. The number of unbranched alkanes of at least 4 members (excludes halogenated alkanes) is 1. The Hall–Kier alpha value is -1.01. The predicted molar refractivity (Wildman–Crippen MR) is 56.6 cm³/mol. The van der Waals surface area contributed by atoms with Gasteiger partial charge in [-0.05, 0) is 13.3 Å². The van der Waals surface area contributed by atoms with Gasteiger partial charge in [0.1, 0.15) is 6.04 Å². The Morgan fingerprint density at radius 1 is 1.53 bits per heavy atom. The quantitative estimate of drug-likeness (QED) is 0.324. The molecule has 0 heterocycles. The van der Waals surface area contributed by atoms with Crippen LogP contribution in [0.4, 0.5) is 4.79 Å². The van der Waals surface area contributed by atoms with Gasteiger partial charge < -0.3 is 9.84 Å². The molecule has 0 saturated carbocycles. The molecule has 0 aliphatic carbocycles. The average molecular weight is 241 g/mol. The maximum atomic E-state index is 11.1. The first-order chi connectivity index (χ1) is 6.50. The monoisotopic (exact) mass is 240 g/mol. The van der Waals surface area contributed by atoms with Gasteiger partial charge in [-0.2, -0.15) is 0 Å². The summed E-state index contributed by atoms with van der Waals surface area (Å²) in [5.74, 6) is 4.06. The van der Waals surface area contributed by atoms with Gasteiger partial charge in [0.15, 0.2) is 0 Å². The van der Waals surface area contributed by atoms with Crippen LogP contribution in [0.5, 0.6) is 0 Å². The Kier molecular flexibility index (Phi) is 9.10. The summed E-state index contributed by atoms with van der Waals surface area (Å²) in [5, 5.41) is 9.11. The van der Waals surface area contributed by atoms with Gasteiger partial charge in [-0.1, -0.05) is 13.3 Å². The van der Waals surface area contributed by atoms with Crippen LogP contribution in [0.25, 0.3) is 0 Å². The summed E-state index contributed by atoms with van der Waals surface area (Å²) < 4.78 is 4.71. The second-order valence-corrected chi connectivity index (χ2v) is 2.89. The van der Waals surface area contributed by atoms with E-state index in [1.165, 1.54) is 6.92 Å². The van der Waals surface area contributed by atoms with E-state index in [1.54, 1.807) is 0 Å². The third-order valence-electron chi connectivity index (χ3n) is 1.71. The lowest BCUT2D eigenvalue weighted by atomic mass is 10.3. The highest BCUT2D eigenvalue weighted by atomic mass is 35.5. The molecule has 0 aromatic carbocycles. The predicted octanol–water partition coefficient (Wildman–Crippen LogP) is 0.994. The number of hydrogen-bond acceptors (Lipinski definition) is 4. The smallest absolute Gasteiger partial charge is 0.424 e. The molecule has 1 amide bonds. The molecule has 15 heavy (non-hydrogen) atoms. The second-order valence-electron chi connectivity index (χ2n) is 2.89. The van der Waals surface area contributed by atoms with Crippen LogP contribution in [-0.4, -0.2) is 34.8 Å². The van der Waals surface area contributed by atoms with Crippen molar-refractivity contribution < 1.29 is 19.4 Å². The number of halogens is 1. The number of hydrogen-bond donors (Lipinski definition) is 2. The van der Waals surface area contributed by atoms with Gasteiger partial charge in [-0.25, -0.2) is 20.4 Å². The van der Waals surface area contributed by atoms with Crippen LogP contribution in [0.1, 0.15) is 26.7 Å². The van der Waals surface area contributed by atoms with E-state index in [4.69, 9.17) is 15.7 Å². The van der Waals surface area contributed by atoms with E-state index in [-0.39, 0.29) is 19.0 Å². The van der Waals surface area contributed by atoms with Crippen molar-refractivity contribution in [1.29, 1.82) is 0 Å². The number of ether oxygens (including phenoxy) is 1. The van der Waals surface area contributed by atoms with Crippen molar-refractivity contribution in [2.45, 2.75) is 32.7 Å². The number of aliphatic carboxylic acids is 1. The topological polar surface area (TPSA) is 92.9 Å². The zero-order chi connectivity index (χ0) is 11.1. The summed E-state index contributed by atoms with van der Waals surface area (Å²) in [6.45, 7) is 3.52. The van der Waals surface area contributed by atoms with Crippen molar-refractivity contribution in [1.82, 2.24) is 5.01 Å². The first kappa shape index (κ1) is 16.4. The molecule has 3 N–H and O–H groups in total. The van der Waals surface area contributed by atoms with Gasteiger partial charge in [0.2, 0.25) is 0 Å². The van der Waals surface area contributed by atoms with Crippen LogP contribution in [-0.2, 0) is 9.53 Å². The summed E-state index contributed by atoms with van der Waals surface area (Å²) >= 11 is 0. The first-order valence-electron chi connectivity index (χ1n) is 4.44. The van der Waals surface area contributed by atoms with Crippen molar-refractivity contribution >= 4 is 24.5 Å². The molecule has 0 radical (unpaired) electrons. The summed E-state index contributed by atoms with van der Waals surface area (Å²) in [5.41, 5.74) is 0. The zero-order valence-electron chi connectivity index (χ0n) is 8.80. The molecular formula is C8H17ClN2O4. The van der Waals surface area contributed by atoms with Crippen molar-refractivity contribution in [3.05, 3.63) is 0 Å². The maximum absolute atomic E-state index is 11.1. The largest absolute Gasteiger partial charge is 0.480 e. The third kappa shape index (κ3) is 6.14. The van der Waals surface area contributed by atoms with Gasteiger partial charge in [0.25, 0.3) is 0 Å². The number of carbonyl (C=O) groups is 2. The number of nitrogens with two attached hydrogens (primary N) is 1. The van der Waals surface area contributed by atoms with E-state index >= 15 is 0 Å². The standard InChI is InChI=1S/C8H16N2O4.ClH/c1-3-4-5-14-8(13)10(9)6(2)7(11)12;/h6H,3-5,9H2,1-2H3,(H,11,12);1H/t6-;/m0./s1. The highest BCUT2D eigenvalue weighted by molar-refractivity contribution is 5.85. The molecular weight excluding hydrogens is 224 g/mol. The molecule has 0 rings (SSSR count). The van der Waals surface area contributed by atoms with Crippen molar-refractivity contribution in [2.24, 2.45) is 5.84 Å². The lowest BCUT2D eigenvalue weighted by molar-refractivity contribution is -0.142. The van der Waals surface area contributed by atoms with E-state index < -0.39 is 18.1 Å². The molecule has 0 aromatic rings. The summed E-state index contributed by atoms with van der Waals surface area (Å²) in [4.78, 5) is 21.5. The molecule has 0 bridgehead atoms. The Morgan fingerprint density at radius 2 is 2.07 bits per heavy atom. The first-order valence-corrected chi connectivity index (χ1v) is 4.44. The second kappa shape index (κ2) is 8.31. The van der Waals surface area contributed by atoms with Gasteiger partial charge in [-0.3, -0.25) is 0 Å². The highest BCUT2D eigenvalue weighted by Crippen LogP contribution is 1.97. The third-order valence-corrected chi connectivity index (χ3v) is 1.71. The molecule has 0 aliphatic rings. The average Bonchev–Trinajstić information content (AvgIpc) is 2.15. The van der Waals surface area contributed by atoms with Gasteiger partial charge in [0.05, 0.1) is 6.61 Å². The molecule has 0 aromatic heterocycles. The zero-order valence-corrected chi connectivity index (χ0v) is 9.62. The molecule has 6 nitrogen and oxygen atoms in total. The van der Waals surface area contributed by atoms with E-state index in [0.717, 1.165) is 12.8 Å². The molecule has 0 fully saturated rings. The molecule has 7 heteroatoms. The van der Waals surface area contributed by atoms with Crippen molar-refractivity contribution in [3.63, 3.8) is 0 Å². The van der Waals surface area contributed by atoms with E-state index in [0.29, 0.717) is 5.01 Å². The van der Waals surface area contributed by atoms with E-state index in [1.807, 2.05) is 6.92 Å². The van der Waals surface area contributed by atoms with Crippen LogP contribution in [0.2, 0.25) is 0 Å². The fraction of sp³-hybridized carbons (Fsp3) is 0.750. The van der Waals surface area contributed by atoms with Crippen LogP contribution in [0.3, 0.4) is 0 Å². The number of rotatable bonds is 5. The molecule has 90 valence electrons. The molecule has 0 unspecified atom stereocenters. The van der Waals surface area contributed by atoms with Gasteiger partial charge >= 0.3 is 12.1 Å². The van der Waals surface area contributed by atoms with Gasteiger partial charge in [0, 0.05) is 0 Å². The lowest BCUT2D eigenvalue weighted by Gasteiger charge is -2.19. The Balaban J connectivity index is 0. The summed E-state index contributed by atoms with van der Waals surface area (Å²) in [6, 6.07) is -1.08. The summed E-state index contributed by atoms with van der Waals surface area (Å²) in [6.07, 6.45) is 0.821. The van der Waals surface area contributed by atoms with Crippen molar-refractivity contribution in [3.8, 4) is 0 Å². The number of nitrogens with zero attached hydrogens (tertiary/aromatic N) is 1. The maximum Gasteiger partial charge on any atom is 0.424 e. The minimum atomic E-state index is -1.17.